The molecule has 0 radical (unpaired) electrons. The lowest BCUT2D eigenvalue weighted by molar-refractivity contribution is -0.151. The molecule has 0 bridgehead atoms. The molecule has 0 aromatic heterocycles. The minimum absolute atomic E-state index is 0.0276. The molecule has 0 spiro atoms. The Morgan fingerprint density at radius 1 is 0.951 bits per heavy atom. The van der Waals surface area contributed by atoms with Crippen molar-refractivity contribution >= 4 is 40.8 Å². The first-order chi connectivity index (χ1) is 19.2. The zero-order valence-corrected chi connectivity index (χ0v) is 23.3. The number of rotatable bonds is 7. The molecule has 3 aromatic carbocycles. The number of hydrogen-bond donors (Lipinski definition) is 1. The van der Waals surface area contributed by atoms with Gasteiger partial charge in [-0.05, 0) is 65.6 Å². The smallest absolute Gasteiger partial charge is 0.416 e. The monoisotopic (exact) mass is 588 g/mol. The summed E-state index contributed by atoms with van der Waals surface area (Å²) < 4.78 is 49.7. The van der Waals surface area contributed by atoms with Gasteiger partial charge in [-0.15, -0.1) is 0 Å². The van der Waals surface area contributed by atoms with Crippen molar-refractivity contribution in [3.8, 4) is 11.5 Å². The lowest BCUT2D eigenvalue weighted by Gasteiger charge is -2.19. The number of halogens is 4. The van der Waals surface area contributed by atoms with Crippen LogP contribution in [0.5, 0.6) is 11.5 Å². The quantitative estimate of drug-likeness (QED) is 0.301. The van der Waals surface area contributed by atoms with Crippen molar-refractivity contribution in [2.75, 3.05) is 23.4 Å². The van der Waals surface area contributed by atoms with E-state index in [0.717, 1.165) is 12.1 Å². The molecule has 2 amide bonds. The summed E-state index contributed by atoms with van der Waals surface area (Å²) in [4.78, 5) is 38.8. The zero-order valence-electron chi connectivity index (χ0n) is 22.5. The number of ether oxygens (including phenoxy) is 2. The highest BCUT2D eigenvalue weighted by atomic mass is 35.5. The third-order valence-corrected chi connectivity index (χ3v) is 6.81. The summed E-state index contributed by atoms with van der Waals surface area (Å²) in [6, 6.07) is 17.1. The Morgan fingerprint density at radius 3 is 2.12 bits per heavy atom. The summed E-state index contributed by atoms with van der Waals surface area (Å²) in [5.41, 5.74) is 0.520. The number of esters is 1. The van der Waals surface area contributed by atoms with E-state index in [1.165, 1.54) is 10.5 Å². The second-order valence-electron chi connectivity index (χ2n) is 10.6. The fourth-order valence-corrected chi connectivity index (χ4v) is 4.37. The molecular formula is C30H28ClF3N2O5. The normalized spacial score (nSPS) is 15.5. The van der Waals surface area contributed by atoms with Crippen LogP contribution < -0.4 is 15.0 Å². The number of anilines is 2. The average Bonchev–Trinajstić information content (AvgIpc) is 3.29. The van der Waals surface area contributed by atoms with E-state index in [4.69, 9.17) is 21.1 Å². The van der Waals surface area contributed by atoms with Crippen LogP contribution in [-0.4, -0.2) is 30.9 Å². The van der Waals surface area contributed by atoms with E-state index < -0.39 is 36.1 Å². The molecule has 0 aliphatic carbocycles. The zero-order chi connectivity index (χ0) is 29.9. The Balaban J connectivity index is 1.30. The van der Waals surface area contributed by atoms with E-state index in [-0.39, 0.29) is 35.0 Å². The molecule has 1 atom stereocenters. The maximum Gasteiger partial charge on any atom is 0.416 e. The minimum atomic E-state index is -4.62. The van der Waals surface area contributed by atoms with Gasteiger partial charge in [0.2, 0.25) is 5.91 Å². The molecule has 216 valence electrons. The number of alkyl halides is 3. The van der Waals surface area contributed by atoms with E-state index in [1.807, 2.05) is 24.3 Å². The van der Waals surface area contributed by atoms with Gasteiger partial charge < -0.3 is 19.7 Å². The van der Waals surface area contributed by atoms with E-state index in [1.54, 1.807) is 24.3 Å². The Labute approximate surface area is 240 Å². The van der Waals surface area contributed by atoms with Gasteiger partial charge in [-0.25, -0.2) is 0 Å². The summed E-state index contributed by atoms with van der Waals surface area (Å²) in [5.74, 6) is -1.51. The first-order valence-corrected chi connectivity index (χ1v) is 13.1. The second kappa shape index (κ2) is 11.8. The highest BCUT2D eigenvalue weighted by molar-refractivity contribution is 6.33. The SMILES string of the molecule is CC(C)(C)c1ccc(Oc2ccc(N3C[C@@H](C(=O)OCC(=O)Nc4cc(C(F)(F)F)ccc4Cl)CC3=O)cc2)cc1. The second-order valence-corrected chi connectivity index (χ2v) is 11.0. The maximum atomic E-state index is 12.9. The fourth-order valence-electron chi connectivity index (χ4n) is 4.21. The standard InChI is InChI=1S/C30H28ClF3N2O5/c1-29(2,3)19-4-9-22(10-5-19)41-23-11-7-21(8-12-23)36-16-18(14-27(36)38)28(39)40-17-26(37)35-25-15-20(30(32,33)34)6-13-24(25)31/h4-13,15,18H,14,16-17H2,1-3H3,(H,35,37)/t18-/m0/s1. The van der Waals surface area contributed by atoms with Crippen LogP contribution in [0.4, 0.5) is 24.5 Å². The van der Waals surface area contributed by atoms with Gasteiger partial charge in [0, 0.05) is 18.7 Å². The first-order valence-electron chi connectivity index (χ1n) is 12.7. The number of nitrogens with zero attached hydrogens (tertiary/aromatic N) is 1. The van der Waals surface area contributed by atoms with Gasteiger partial charge in [0.05, 0.1) is 22.2 Å². The van der Waals surface area contributed by atoms with Crippen LogP contribution in [-0.2, 0) is 30.7 Å². The van der Waals surface area contributed by atoms with E-state index in [9.17, 15) is 27.6 Å². The molecule has 41 heavy (non-hydrogen) atoms. The average molecular weight is 589 g/mol. The van der Waals surface area contributed by atoms with Crippen molar-refractivity contribution in [3.63, 3.8) is 0 Å². The van der Waals surface area contributed by atoms with E-state index in [2.05, 4.69) is 26.1 Å². The van der Waals surface area contributed by atoms with Crippen LogP contribution >= 0.6 is 11.6 Å². The van der Waals surface area contributed by atoms with Crippen molar-refractivity contribution in [2.45, 2.75) is 38.8 Å². The highest BCUT2D eigenvalue weighted by Crippen LogP contribution is 2.34. The molecule has 0 saturated carbocycles. The molecule has 1 heterocycles. The van der Waals surface area contributed by atoms with Gasteiger partial charge in [-0.2, -0.15) is 13.2 Å². The summed E-state index contributed by atoms with van der Waals surface area (Å²) in [5, 5.41) is 2.10. The predicted octanol–water partition coefficient (Wildman–Crippen LogP) is 6.98. The fraction of sp³-hybridized carbons (Fsp3) is 0.300. The first kappa shape index (κ1) is 29.9. The third-order valence-electron chi connectivity index (χ3n) is 6.48. The summed E-state index contributed by atoms with van der Waals surface area (Å²) in [6.07, 6.45) is -4.73. The number of amides is 2. The van der Waals surface area contributed by atoms with Crippen LogP contribution in [0.25, 0.3) is 0 Å². The molecule has 1 aliphatic rings. The lowest BCUT2D eigenvalue weighted by atomic mass is 9.87. The number of benzene rings is 3. The van der Waals surface area contributed by atoms with E-state index >= 15 is 0 Å². The summed E-state index contributed by atoms with van der Waals surface area (Å²) in [6.45, 7) is 5.68. The number of hydrogen-bond acceptors (Lipinski definition) is 5. The van der Waals surface area contributed by atoms with Gasteiger partial charge >= 0.3 is 12.1 Å². The molecule has 1 N–H and O–H groups in total. The van der Waals surface area contributed by atoms with Gasteiger partial charge in [0.15, 0.2) is 6.61 Å². The van der Waals surface area contributed by atoms with Crippen LogP contribution in [0.3, 0.4) is 0 Å². The van der Waals surface area contributed by atoms with Crippen LogP contribution in [0.2, 0.25) is 5.02 Å². The molecule has 7 nitrogen and oxygen atoms in total. The Hall–Kier alpha value is -4.05. The van der Waals surface area contributed by atoms with Crippen molar-refractivity contribution in [1.29, 1.82) is 0 Å². The molecule has 0 unspecified atom stereocenters. The van der Waals surface area contributed by atoms with Crippen LogP contribution in [0, 0.1) is 5.92 Å². The Morgan fingerprint density at radius 2 is 1.54 bits per heavy atom. The lowest BCUT2D eigenvalue weighted by Crippen LogP contribution is -2.28. The maximum absolute atomic E-state index is 12.9. The third kappa shape index (κ3) is 7.58. The minimum Gasteiger partial charge on any atom is -0.457 e. The molecule has 4 rings (SSSR count). The molecule has 1 aliphatic heterocycles. The van der Waals surface area contributed by atoms with Crippen molar-refractivity contribution in [2.24, 2.45) is 5.92 Å². The number of carbonyl (C=O) groups excluding carboxylic acids is 3. The molecule has 1 saturated heterocycles. The number of carbonyl (C=O) groups is 3. The Bertz CT molecular complexity index is 1430. The van der Waals surface area contributed by atoms with Crippen LogP contribution in [0.15, 0.2) is 66.7 Å². The van der Waals surface area contributed by atoms with E-state index in [0.29, 0.717) is 23.3 Å². The van der Waals surface area contributed by atoms with Gasteiger partial charge in [0.25, 0.3) is 5.91 Å². The molecular weight excluding hydrogens is 561 g/mol. The van der Waals surface area contributed by atoms with Crippen molar-refractivity contribution < 1.29 is 37.0 Å². The molecule has 11 heteroatoms. The van der Waals surface area contributed by atoms with Crippen molar-refractivity contribution in [1.82, 2.24) is 0 Å². The summed E-state index contributed by atoms with van der Waals surface area (Å²) >= 11 is 5.88. The summed E-state index contributed by atoms with van der Waals surface area (Å²) in [7, 11) is 0. The van der Waals surface area contributed by atoms with Gasteiger partial charge in [0.1, 0.15) is 11.5 Å². The Kier molecular flexibility index (Phi) is 8.63. The predicted molar refractivity (Wildman–Crippen MR) is 148 cm³/mol. The molecule has 3 aromatic rings. The molecule has 1 fully saturated rings. The highest BCUT2D eigenvalue weighted by Gasteiger charge is 2.36. The van der Waals surface area contributed by atoms with Gasteiger partial charge in [-0.1, -0.05) is 44.5 Å². The number of nitrogens with one attached hydrogen (secondary N) is 1. The van der Waals surface area contributed by atoms with Gasteiger partial charge in [-0.3, -0.25) is 14.4 Å². The van der Waals surface area contributed by atoms with Crippen molar-refractivity contribution in [3.05, 3.63) is 82.9 Å². The van der Waals surface area contributed by atoms with Crippen LogP contribution in [0.1, 0.15) is 38.3 Å². The largest absolute Gasteiger partial charge is 0.457 e. The topological polar surface area (TPSA) is 84.9 Å².